The number of ketones is 1. The fourth-order valence-electron chi connectivity index (χ4n) is 2.07. The summed E-state index contributed by atoms with van der Waals surface area (Å²) in [5.41, 5.74) is 1.96. The van der Waals surface area contributed by atoms with Gasteiger partial charge in [-0.3, -0.25) is 4.79 Å². The van der Waals surface area contributed by atoms with Crippen LogP contribution in [0.3, 0.4) is 0 Å². The first kappa shape index (κ1) is 12.3. The first-order valence-electron chi connectivity index (χ1n) is 5.72. The summed E-state index contributed by atoms with van der Waals surface area (Å²) in [6, 6.07) is 12.3. The molecule has 0 fully saturated rings. The molecule has 0 saturated heterocycles. The zero-order chi connectivity index (χ0) is 13.4. The number of carbonyl (C=O) groups excluding carboxylic acids is 1. The summed E-state index contributed by atoms with van der Waals surface area (Å²) in [6.45, 7) is 0. The number of carbonyl (C=O) groups is 1. The lowest BCUT2D eigenvalue weighted by Gasteiger charge is -2.03. The number of aromatic nitrogens is 1. The van der Waals surface area contributed by atoms with E-state index in [1.54, 1.807) is 36.5 Å². The Bertz CT molecular complexity index is 759. The van der Waals surface area contributed by atoms with Crippen molar-refractivity contribution in [1.82, 2.24) is 4.98 Å². The van der Waals surface area contributed by atoms with Crippen LogP contribution in [-0.4, -0.2) is 10.8 Å². The molecule has 4 heteroatoms. The molecule has 94 valence electrons. The maximum absolute atomic E-state index is 12.5. The van der Waals surface area contributed by atoms with Gasteiger partial charge in [0.05, 0.1) is 10.5 Å². The van der Waals surface area contributed by atoms with Gasteiger partial charge in [-0.25, -0.2) is 0 Å². The molecule has 0 aliphatic heterocycles. The van der Waals surface area contributed by atoms with Crippen LogP contribution in [0.2, 0.25) is 10.0 Å². The molecule has 19 heavy (non-hydrogen) atoms. The second-order valence-electron chi connectivity index (χ2n) is 4.20. The minimum absolute atomic E-state index is 0.0548. The zero-order valence-electron chi connectivity index (χ0n) is 9.78. The number of benzene rings is 2. The normalized spacial score (nSPS) is 10.8. The van der Waals surface area contributed by atoms with Gasteiger partial charge in [0, 0.05) is 27.7 Å². The first-order valence-corrected chi connectivity index (χ1v) is 6.48. The summed E-state index contributed by atoms with van der Waals surface area (Å²) < 4.78 is 0. The second-order valence-corrected chi connectivity index (χ2v) is 5.04. The van der Waals surface area contributed by atoms with Crippen molar-refractivity contribution in [2.75, 3.05) is 0 Å². The molecule has 0 aliphatic carbocycles. The summed E-state index contributed by atoms with van der Waals surface area (Å²) in [5.74, 6) is -0.0548. The topological polar surface area (TPSA) is 32.9 Å². The molecular formula is C15H9Cl2NO. The number of rotatable bonds is 2. The third-order valence-corrected chi connectivity index (χ3v) is 3.58. The number of nitrogens with one attached hydrogen (secondary N) is 1. The largest absolute Gasteiger partial charge is 0.359 e. The van der Waals surface area contributed by atoms with Crippen molar-refractivity contribution in [2.24, 2.45) is 0 Å². The van der Waals surface area contributed by atoms with Crippen LogP contribution in [0.1, 0.15) is 15.9 Å². The van der Waals surface area contributed by atoms with Gasteiger partial charge >= 0.3 is 0 Å². The van der Waals surface area contributed by atoms with Gasteiger partial charge in [-0.05, 0) is 30.3 Å². The van der Waals surface area contributed by atoms with Crippen LogP contribution >= 0.6 is 23.2 Å². The summed E-state index contributed by atoms with van der Waals surface area (Å²) in [5, 5.41) is 2.07. The molecule has 0 radical (unpaired) electrons. The molecule has 0 atom stereocenters. The Kier molecular flexibility index (Phi) is 3.05. The Hall–Kier alpha value is -1.77. The number of H-pyrrole nitrogens is 1. The number of aromatic amines is 1. The molecule has 0 bridgehead atoms. The van der Waals surface area contributed by atoms with E-state index in [2.05, 4.69) is 4.98 Å². The molecule has 3 rings (SSSR count). The highest BCUT2D eigenvalue weighted by Gasteiger charge is 2.14. The lowest BCUT2D eigenvalue weighted by Crippen LogP contribution is -2.01. The van der Waals surface area contributed by atoms with Crippen LogP contribution < -0.4 is 0 Å². The predicted molar refractivity (Wildman–Crippen MR) is 78.2 cm³/mol. The highest BCUT2D eigenvalue weighted by Crippen LogP contribution is 2.27. The zero-order valence-corrected chi connectivity index (χ0v) is 11.3. The Morgan fingerprint density at radius 3 is 2.47 bits per heavy atom. The van der Waals surface area contributed by atoms with E-state index in [1.807, 2.05) is 12.1 Å². The molecular weight excluding hydrogens is 281 g/mol. The van der Waals surface area contributed by atoms with Gasteiger partial charge < -0.3 is 4.98 Å². The lowest BCUT2D eigenvalue weighted by atomic mass is 10.0. The van der Waals surface area contributed by atoms with Gasteiger partial charge in [-0.2, -0.15) is 0 Å². The second kappa shape index (κ2) is 4.72. The smallest absolute Gasteiger partial charge is 0.195 e. The third kappa shape index (κ3) is 2.14. The average Bonchev–Trinajstić information content (AvgIpc) is 2.81. The maximum atomic E-state index is 12.5. The minimum atomic E-state index is -0.0548. The third-order valence-electron chi connectivity index (χ3n) is 3.02. The summed E-state index contributed by atoms with van der Waals surface area (Å²) in [7, 11) is 0. The van der Waals surface area contributed by atoms with E-state index in [0.717, 1.165) is 10.9 Å². The van der Waals surface area contributed by atoms with Crippen molar-refractivity contribution in [1.29, 1.82) is 0 Å². The predicted octanol–water partition coefficient (Wildman–Crippen LogP) is 4.71. The summed E-state index contributed by atoms with van der Waals surface area (Å²) in [4.78, 5) is 15.5. The van der Waals surface area contributed by atoms with E-state index >= 15 is 0 Å². The number of halogens is 2. The van der Waals surface area contributed by atoms with E-state index in [4.69, 9.17) is 23.2 Å². The molecule has 3 aromatic rings. The highest BCUT2D eigenvalue weighted by atomic mass is 35.5. The van der Waals surface area contributed by atoms with E-state index < -0.39 is 0 Å². The molecule has 0 aliphatic rings. The van der Waals surface area contributed by atoms with Crippen LogP contribution in [-0.2, 0) is 0 Å². The number of hydrogen-bond acceptors (Lipinski definition) is 1. The molecule has 2 aromatic carbocycles. The van der Waals surface area contributed by atoms with Crippen molar-refractivity contribution in [3.8, 4) is 0 Å². The first-order chi connectivity index (χ1) is 9.16. The van der Waals surface area contributed by atoms with Crippen LogP contribution in [0.15, 0.2) is 48.7 Å². The van der Waals surface area contributed by atoms with Crippen molar-refractivity contribution in [3.05, 3.63) is 69.8 Å². The lowest BCUT2D eigenvalue weighted by molar-refractivity contribution is 0.104. The van der Waals surface area contributed by atoms with Crippen molar-refractivity contribution in [3.63, 3.8) is 0 Å². The standard InChI is InChI=1S/C15H9Cl2NO/c16-10-6-4-9(5-7-10)15(19)12-3-1-2-11-13(17)8-18-14(11)12/h1-8,18H. The van der Waals surface area contributed by atoms with Gasteiger partial charge in [-0.1, -0.05) is 35.3 Å². The molecule has 0 amide bonds. The van der Waals surface area contributed by atoms with Crippen molar-refractivity contribution in [2.45, 2.75) is 0 Å². The molecule has 1 N–H and O–H groups in total. The number of hydrogen-bond donors (Lipinski definition) is 1. The van der Waals surface area contributed by atoms with E-state index in [-0.39, 0.29) is 5.78 Å². The molecule has 1 aromatic heterocycles. The number of fused-ring (bicyclic) bond motifs is 1. The SMILES string of the molecule is O=C(c1ccc(Cl)cc1)c1cccc2c(Cl)c[nH]c12. The molecule has 0 saturated carbocycles. The van der Waals surface area contributed by atoms with Crippen molar-refractivity contribution >= 4 is 39.9 Å². The van der Waals surface area contributed by atoms with Crippen LogP contribution in [0, 0.1) is 0 Å². The monoisotopic (exact) mass is 289 g/mol. The van der Waals surface area contributed by atoms with Gasteiger partial charge in [0.15, 0.2) is 5.78 Å². The summed E-state index contributed by atoms with van der Waals surface area (Å²) in [6.07, 6.45) is 1.69. The Morgan fingerprint density at radius 1 is 1.00 bits per heavy atom. The average molecular weight is 290 g/mol. The quantitative estimate of drug-likeness (QED) is 0.681. The van der Waals surface area contributed by atoms with Gasteiger partial charge in [-0.15, -0.1) is 0 Å². The van der Waals surface area contributed by atoms with Crippen LogP contribution in [0.4, 0.5) is 0 Å². The van der Waals surface area contributed by atoms with Crippen LogP contribution in [0.5, 0.6) is 0 Å². The Balaban J connectivity index is 2.14. The van der Waals surface area contributed by atoms with E-state index in [1.165, 1.54) is 0 Å². The molecule has 0 spiro atoms. The van der Waals surface area contributed by atoms with Crippen LogP contribution in [0.25, 0.3) is 10.9 Å². The molecule has 1 heterocycles. The Labute approximate surface area is 120 Å². The maximum Gasteiger partial charge on any atom is 0.195 e. The van der Waals surface area contributed by atoms with Gasteiger partial charge in [0.1, 0.15) is 0 Å². The van der Waals surface area contributed by atoms with Gasteiger partial charge in [0.2, 0.25) is 0 Å². The Morgan fingerprint density at radius 2 is 1.74 bits per heavy atom. The fraction of sp³-hybridized carbons (Fsp3) is 0. The molecule has 0 unspecified atom stereocenters. The van der Waals surface area contributed by atoms with E-state index in [0.29, 0.717) is 21.2 Å². The minimum Gasteiger partial charge on any atom is -0.359 e. The van der Waals surface area contributed by atoms with Crippen molar-refractivity contribution < 1.29 is 4.79 Å². The van der Waals surface area contributed by atoms with E-state index in [9.17, 15) is 4.79 Å². The fourth-order valence-corrected chi connectivity index (χ4v) is 2.40. The highest BCUT2D eigenvalue weighted by molar-refractivity contribution is 6.36. The van der Waals surface area contributed by atoms with Gasteiger partial charge in [0.25, 0.3) is 0 Å². The number of para-hydroxylation sites is 1. The molecule has 2 nitrogen and oxygen atoms in total. The summed E-state index contributed by atoms with van der Waals surface area (Å²) >= 11 is 11.9.